The van der Waals surface area contributed by atoms with Crippen LogP contribution in [0.15, 0.2) is 36.4 Å². The second kappa shape index (κ2) is 10.2. The zero-order valence-electron chi connectivity index (χ0n) is 15.7. The van der Waals surface area contributed by atoms with Crippen LogP contribution in [0.4, 0.5) is 11.4 Å². The summed E-state index contributed by atoms with van der Waals surface area (Å²) in [4.78, 5) is 24.9. The molecule has 154 valence electrons. The SMILES string of the molecule is O=C(CNc1cc(Cl)ccc1Cl)Nc1ccc(Cl)c(C(=O)NC2CCCCC2)c1. The summed E-state index contributed by atoms with van der Waals surface area (Å²) in [6.45, 7) is -0.00765. The highest BCUT2D eigenvalue weighted by atomic mass is 35.5. The summed E-state index contributed by atoms with van der Waals surface area (Å²) in [7, 11) is 0. The molecule has 8 heteroatoms. The van der Waals surface area contributed by atoms with Crippen molar-refractivity contribution in [1.29, 1.82) is 0 Å². The molecule has 0 atom stereocenters. The summed E-state index contributed by atoms with van der Waals surface area (Å²) in [5, 5.41) is 10.1. The molecule has 0 aromatic heterocycles. The topological polar surface area (TPSA) is 70.2 Å². The van der Waals surface area contributed by atoms with E-state index in [9.17, 15) is 9.59 Å². The molecule has 0 saturated heterocycles. The van der Waals surface area contributed by atoms with Crippen LogP contribution >= 0.6 is 34.8 Å². The summed E-state index contributed by atoms with van der Waals surface area (Å²) >= 11 is 18.2. The fraction of sp³-hybridized carbons (Fsp3) is 0.333. The predicted octanol–water partition coefficient (Wildman–Crippen LogP) is 5.76. The summed E-state index contributed by atoms with van der Waals surface area (Å²) in [5.41, 5.74) is 1.41. The van der Waals surface area contributed by atoms with Gasteiger partial charge in [-0.1, -0.05) is 54.1 Å². The highest BCUT2D eigenvalue weighted by molar-refractivity contribution is 6.35. The number of hydrogen-bond acceptors (Lipinski definition) is 3. The van der Waals surface area contributed by atoms with E-state index in [1.807, 2.05) is 0 Å². The van der Waals surface area contributed by atoms with Crippen LogP contribution in [0, 0.1) is 0 Å². The molecule has 1 fully saturated rings. The van der Waals surface area contributed by atoms with E-state index in [0.717, 1.165) is 25.7 Å². The van der Waals surface area contributed by atoms with Gasteiger partial charge in [-0.3, -0.25) is 9.59 Å². The van der Waals surface area contributed by atoms with Gasteiger partial charge in [0.2, 0.25) is 5.91 Å². The summed E-state index contributed by atoms with van der Waals surface area (Å²) in [6.07, 6.45) is 5.43. The fourth-order valence-electron chi connectivity index (χ4n) is 3.30. The van der Waals surface area contributed by atoms with E-state index in [2.05, 4.69) is 16.0 Å². The van der Waals surface area contributed by atoms with Crippen LogP contribution in [0.3, 0.4) is 0 Å². The summed E-state index contributed by atoms with van der Waals surface area (Å²) < 4.78 is 0. The summed E-state index contributed by atoms with van der Waals surface area (Å²) in [6, 6.07) is 10.00. The third-order valence-corrected chi connectivity index (χ3v) is 5.70. The van der Waals surface area contributed by atoms with Crippen LogP contribution in [-0.4, -0.2) is 24.4 Å². The van der Waals surface area contributed by atoms with Crippen LogP contribution in [0.1, 0.15) is 42.5 Å². The van der Waals surface area contributed by atoms with E-state index in [1.54, 1.807) is 36.4 Å². The van der Waals surface area contributed by atoms with Gasteiger partial charge in [0, 0.05) is 16.8 Å². The number of benzene rings is 2. The normalized spacial score (nSPS) is 14.3. The smallest absolute Gasteiger partial charge is 0.253 e. The molecule has 2 amide bonds. The van der Waals surface area contributed by atoms with Crippen LogP contribution in [-0.2, 0) is 4.79 Å². The summed E-state index contributed by atoms with van der Waals surface area (Å²) in [5.74, 6) is -0.510. The minimum absolute atomic E-state index is 0.00765. The monoisotopic (exact) mass is 453 g/mol. The van der Waals surface area contributed by atoms with Gasteiger partial charge in [0.1, 0.15) is 0 Å². The third kappa shape index (κ3) is 6.26. The van der Waals surface area contributed by atoms with Crippen molar-refractivity contribution in [2.45, 2.75) is 38.1 Å². The van der Waals surface area contributed by atoms with Crippen LogP contribution in [0.25, 0.3) is 0 Å². The number of nitrogens with one attached hydrogen (secondary N) is 3. The van der Waals surface area contributed by atoms with Gasteiger partial charge < -0.3 is 16.0 Å². The number of anilines is 2. The molecule has 2 aromatic carbocycles. The van der Waals surface area contributed by atoms with Crippen molar-refractivity contribution >= 4 is 58.0 Å². The maximum Gasteiger partial charge on any atom is 0.253 e. The van der Waals surface area contributed by atoms with Gasteiger partial charge in [-0.2, -0.15) is 0 Å². The molecule has 0 aliphatic heterocycles. The number of carbonyl (C=O) groups excluding carboxylic acids is 2. The molecule has 2 aromatic rings. The predicted molar refractivity (Wildman–Crippen MR) is 119 cm³/mol. The molecule has 3 N–H and O–H groups in total. The van der Waals surface area contributed by atoms with Gasteiger partial charge in [0.15, 0.2) is 0 Å². The molecule has 5 nitrogen and oxygen atoms in total. The van der Waals surface area contributed by atoms with Crippen molar-refractivity contribution in [3.05, 3.63) is 57.0 Å². The quantitative estimate of drug-likeness (QED) is 0.519. The Morgan fingerprint density at radius 1 is 0.931 bits per heavy atom. The highest BCUT2D eigenvalue weighted by Crippen LogP contribution is 2.26. The van der Waals surface area contributed by atoms with Crippen molar-refractivity contribution in [2.24, 2.45) is 0 Å². The Labute approximate surface area is 185 Å². The highest BCUT2D eigenvalue weighted by Gasteiger charge is 2.19. The molecule has 1 aliphatic rings. The lowest BCUT2D eigenvalue weighted by Crippen LogP contribution is -2.36. The van der Waals surface area contributed by atoms with Crippen LogP contribution in [0.5, 0.6) is 0 Å². The zero-order chi connectivity index (χ0) is 20.8. The lowest BCUT2D eigenvalue weighted by molar-refractivity contribution is -0.114. The first-order valence-corrected chi connectivity index (χ1v) is 10.6. The van der Waals surface area contributed by atoms with Crippen molar-refractivity contribution in [3.63, 3.8) is 0 Å². The molecule has 0 heterocycles. The first-order chi connectivity index (χ1) is 13.9. The van der Waals surface area contributed by atoms with Gasteiger partial charge in [-0.25, -0.2) is 0 Å². The Balaban J connectivity index is 1.60. The van der Waals surface area contributed by atoms with Crippen molar-refractivity contribution in [2.75, 3.05) is 17.2 Å². The van der Waals surface area contributed by atoms with Gasteiger partial charge in [0.25, 0.3) is 5.91 Å². The molecule has 0 spiro atoms. The average Bonchev–Trinajstić information content (AvgIpc) is 2.71. The lowest BCUT2D eigenvalue weighted by Gasteiger charge is -2.23. The standard InChI is InChI=1S/C21H22Cl3N3O2/c22-13-6-8-18(24)19(10-13)25-12-20(28)26-15-7-9-17(23)16(11-15)21(29)27-14-4-2-1-3-5-14/h6-11,14,25H,1-5,12H2,(H,26,28)(H,27,29). The van der Waals surface area contributed by atoms with E-state index in [1.165, 1.54) is 6.42 Å². The second-order valence-corrected chi connectivity index (χ2v) is 8.28. The van der Waals surface area contributed by atoms with Crippen molar-refractivity contribution in [3.8, 4) is 0 Å². The van der Waals surface area contributed by atoms with E-state index in [4.69, 9.17) is 34.8 Å². The Kier molecular flexibility index (Phi) is 7.64. The second-order valence-electron chi connectivity index (χ2n) is 7.03. The zero-order valence-corrected chi connectivity index (χ0v) is 18.0. The van der Waals surface area contributed by atoms with E-state index in [-0.39, 0.29) is 24.4 Å². The third-order valence-electron chi connectivity index (χ3n) is 4.80. The molecule has 0 bridgehead atoms. The number of halogens is 3. The maximum atomic E-state index is 12.6. The molecular formula is C21H22Cl3N3O2. The van der Waals surface area contributed by atoms with Crippen molar-refractivity contribution in [1.82, 2.24) is 5.32 Å². The minimum atomic E-state index is -0.290. The molecule has 3 rings (SSSR count). The fourth-order valence-corrected chi connectivity index (χ4v) is 3.86. The lowest BCUT2D eigenvalue weighted by atomic mass is 9.95. The molecule has 0 unspecified atom stereocenters. The molecule has 29 heavy (non-hydrogen) atoms. The Morgan fingerprint density at radius 2 is 1.66 bits per heavy atom. The minimum Gasteiger partial charge on any atom is -0.375 e. The van der Waals surface area contributed by atoms with Gasteiger partial charge in [-0.15, -0.1) is 0 Å². The van der Waals surface area contributed by atoms with E-state index >= 15 is 0 Å². The van der Waals surface area contributed by atoms with Crippen LogP contribution < -0.4 is 16.0 Å². The van der Waals surface area contributed by atoms with Gasteiger partial charge in [0.05, 0.1) is 27.8 Å². The van der Waals surface area contributed by atoms with Crippen LogP contribution in [0.2, 0.25) is 15.1 Å². The number of carbonyl (C=O) groups is 2. The Hall–Kier alpha value is -1.95. The van der Waals surface area contributed by atoms with Gasteiger partial charge in [-0.05, 0) is 49.2 Å². The molecular weight excluding hydrogens is 433 g/mol. The van der Waals surface area contributed by atoms with Crippen molar-refractivity contribution < 1.29 is 9.59 Å². The number of amides is 2. The van der Waals surface area contributed by atoms with E-state index < -0.39 is 0 Å². The first-order valence-electron chi connectivity index (χ1n) is 9.51. The molecule has 1 aliphatic carbocycles. The molecule has 1 saturated carbocycles. The Morgan fingerprint density at radius 3 is 2.41 bits per heavy atom. The first kappa shape index (κ1) is 21.8. The number of hydrogen-bond donors (Lipinski definition) is 3. The van der Waals surface area contributed by atoms with Gasteiger partial charge >= 0.3 is 0 Å². The maximum absolute atomic E-state index is 12.6. The van der Waals surface area contributed by atoms with E-state index in [0.29, 0.717) is 32.0 Å². The largest absolute Gasteiger partial charge is 0.375 e. The molecule has 0 radical (unpaired) electrons. The Bertz CT molecular complexity index is 899. The number of rotatable bonds is 6. The average molecular weight is 455 g/mol.